The van der Waals surface area contributed by atoms with Crippen molar-refractivity contribution in [2.24, 2.45) is 0 Å². The monoisotopic (exact) mass is 508 g/mol. The van der Waals surface area contributed by atoms with Crippen LogP contribution in [0.5, 0.6) is 0 Å². The summed E-state index contributed by atoms with van der Waals surface area (Å²) >= 11 is 0. The molecule has 0 fully saturated rings. The normalized spacial score (nSPS) is 17.1. The quantitative estimate of drug-likeness (QED) is 0.258. The van der Waals surface area contributed by atoms with Crippen molar-refractivity contribution in [1.82, 2.24) is 0 Å². The van der Waals surface area contributed by atoms with Crippen molar-refractivity contribution in [3.05, 3.63) is 142 Å². The van der Waals surface area contributed by atoms with Gasteiger partial charge in [0.2, 0.25) is 0 Å². The topological polar surface area (TPSA) is 0 Å². The van der Waals surface area contributed by atoms with Gasteiger partial charge in [-0.05, 0) is 91.0 Å². The molecular weight excluding hydrogens is 468 g/mol. The number of rotatable bonds is 3. The summed E-state index contributed by atoms with van der Waals surface area (Å²) in [6.07, 6.45) is 0.975. The average Bonchev–Trinajstić information content (AvgIpc) is 3.43. The molecule has 2 aliphatic rings. The van der Waals surface area contributed by atoms with E-state index in [0.717, 1.165) is 6.42 Å². The molecule has 4 aromatic carbocycles. The SMILES string of the molecule is CC1=C(c2ccccc2)C(C2=C(c3cc(C(C)(C)C)cc(C(C)(C)C)c3)Cc3ccccc32)c2ccccc21. The highest BCUT2D eigenvalue weighted by Gasteiger charge is 2.38. The minimum atomic E-state index is 0.0772. The van der Waals surface area contributed by atoms with Crippen molar-refractivity contribution in [3.8, 4) is 0 Å². The third kappa shape index (κ3) is 4.41. The molecule has 0 radical (unpaired) electrons. The van der Waals surface area contributed by atoms with Crippen LogP contribution in [0.1, 0.15) is 98.9 Å². The van der Waals surface area contributed by atoms with E-state index in [1.165, 1.54) is 66.8 Å². The van der Waals surface area contributed by atoms with Crippen molar-refractivity contribution in [2.75, 3.05) is 0 Å². The van der Waals surface area contributed by atoms with E-state index in [2.05, 4.69) is 146 Å². The Morgan fingerprint density at radius 3 is 1.77 bits per heavy atom. The molecule has 2 aliphatic carbocycles. The van der Waals surface area contributed by atoms with Crippen LogP contribution in [0.4, 0.5) is 0 Å². The molecule has 6 rings (SSSR count). The maximum Gasteiger partial charge on any atom is 0.0363 e. The predicted molar refractivity (Wildman–Crippen MR) is 169 cm³/mol. The van der Waals surface area contributed by atoms with E-state index in [9.17, 15) is 0 Å². The van der Waals surface area contributed by atoms with Gasteiger partial charge in [-0.3, -0.25) is 0 Å². The molecule has 0 aromatic heterocycles. The van der Waals surface area contributed by atoms with Gasteiger partial charge in [-0.15, -0.1) is 0 Å². The molecule has 0 heterocycles. The zero-order valence-corrected chi connectivity index (χ0v) is 24.5. The summed E-state index contributed by atoms with van der Waals surface area (Å²) in [6.45, 7) is 16.3. The molecule has 1 unspecified atom stereocenters. The number of allylic oxidation sites excluding steroid dienone is 4. The van der Waals surface area contributed by atoms with Crippen LogP contribution in [0.3, 0.4) is 0 Å². The zero-order valence-electron chi connectivity index (χ0n) is 24.5. The first-order valence-electron chi connectivity index (χ1n) is 14.4. The van der Waals surface area contributed by atoms with Crippen LogP contribution in [0.15, 0.2) is 97.1 Å². The summed E-state index contributed by atoms with van der Waals surface area (Å²) in [4.78, 5) is 0. The van der Waals surface area contributed by atoms with Crippen LogP contribution in [-0.2, 0) is 17.3 Å². The predicted octanol–water partition coefficient (Wildman–Crippen LogP) is 10.5. The highest BCUT2D eigenvalue weighted by molar-refractivity contribution is 6.11. The van der Waals surface area contributed by atoms with Crippen LogP contribution in [0.25, 0.3) is 22.3 Å². The van der Waals surface area contributed by atoms with Crippen LogP contribution in [-0.4, -0.2) is 0 Å². The van der Waals surface area contributed by atoms with E-state index in [1.54, 1.807) is 0 Å². The van der Waals surface area contributed by atoms with Crippen molar-refractivity contribution in [1.29, 1.82) is 0 Å². The van der Waals surface area contributed by atoms with Crippen LogP contribution < -0.4 is 0 Å². The molecule has 0 heteroatoms. The van der Waals surface area contributed by atoms with Gasteiger partial charge in [0.05, 0.1) is 0 Å². The van der Waals surface area contributed by atoms with Gasteiger partial charge in [-0.25, -0.2) is 0 Å². The summed E-state index contributed by atoms with van der Waals surface area (Å²) in [7, 11) is 0. The second-order valence-electron chi connectivity index (χ2n) is 13.5. The number of hydrogen-bond donors (Lipinski definition) is 0. The van der Waals surface area contributed by atoms with Crippen LogP contribution in [0.2, 0.25) is 0 Å². The van der Waals surface area contributed by atoms with Crippen LogP contribution >= 0.6 is 0 Å². The van der Waals surface area contributed by atoms with Crippen molar-refractivity contribution in [3.63, 3.8) is 0 Å². The Morgan fingerprint density at radius 1 is 0.564 bits per heavy atom. The lowest BCUT2D eigenvalue weighted by Gasteiger charge is -2.27. The molecule has 0 N–H and O–H groups in total. The fraction of sp³-hybridized carbons (Fsp3) is 0.282. The second-order valence-corrected chi connectivity index (χ2v) is 13.5. The molecule has 196 valence electrons. The lowest BCUT2D eigenvalue weighted by Crippen LogP contribution is -2.17. The summed E-state index contributed by atoms with van der Waals surface area (Å²) in [6, 6.07) is 36.6. The van der Waals surface area contributed by atoms with Gasteiger partial charge in [0.1, 0.15) is 0 Å². The van der Waals surface area contributed by atoms with E-state index in [4.69, 9.17) is 0 Å². The van der Waals surface area contributed by atoms with Crippen molar-refractivity contribution < 1.29 is 0 Å². The molecule has 0 aliphatic heterocycles. The molecule has 0 amide bonds. The van der Waals surface area contributed by atoms with Gasteiger partial charge in [-0.2, -0.15) is 0 Å². The molecule has 39 heavy (non-hydrogen) atoms. The Kier molecular flexibility index (Phi) is 6.07. The highest BCUT2D eigenvalue weighted by Crippen LogP contribution is 2.57. The number of benzene rings is 4. The fourth-order valence-corrected chi connectivity index (χ4v) is 6.55. The van der Waals surface area contributed by atoms with E-state index < -0.39 is 0 Å². The van der Waals surface area contributed by atoms with E-state index >= 15 is 0 Å². The largest absolute Gasteiger partial charge is 0.0622 e. The minimum absolute atomic E-state index is 0.0772. The van der Waals surface area contributed by atoms with Gasteiger partial charge < -0.3 is 0 Å². The van der Waals surface area contributed by atoms with E-state index in [1.807, 2.05) is 0 Å². The Morgan fingerprint density at radius 2 is 1.13 bits per heavy atom. The number of fused-ring (bicyclic) bond motifs is 2. The van der Waals surface area contributed by atoms with Gasteiger partial charge in [0, 0.05) is 5.92 Å². The van der Waals surface area contributed by atoms with Gasteiger partial charge in [-0.1, -0.05) is 139 Å². The highest BCUT2D eigenvalue weighted by atomic mass is 14.4. The number of hydrogen-bond acceptors (Lipinski definition) is 0. The maximum atomic E-state index is 2.48. The standard InChI is InChI=1S/C39H40/c1-25-31-18-13-14-20-33(31)37(35(25)26-15-9-8-10-16-26)36-32-19-12-11-17-27(32)23-34(36)28-21-29(38(2,3)4)24-30(22-28)39(5,6)7/h8-22,24,37H,23H2,1-7H3. The lowest BCUT2D eigenvalue weighted by molar-refractivity contribution is 0.568. The third-order valence-corrected chi connectivity index (χ3v) is 8.76. The lowest BCUT2D eigenvalue weighted by atomic mass is 9.77. The van der Waals surface area contributed by atoms with E-state index in [-0.39, 0.29) is 16.7 Å². The van der Waals surface area contributed by atoms with E-state index in [0.29, 0.717) is 0 Å². The van der Waals surface area contributed by atoms with Crippen molar-refractivity contribution >= 4 is 22.3 Å². The van der Waals surface area contributed by atoms with Gasteiger partial charge >= 0.3 is 0 Å². The zero-order chi connectivity index (χ0) is 27.5. The molecular formula is C39H40. The smallest absolute Gasteiger partial charge is 0.0363 e. The first-order valence-corrected chi connectivity index (χ1v) is 14.4. The summed E-state index contributed by atoms with van der Waals surface area (Å²) in [5.41, 5.74) is 17.2. The molecule has 0 saturated carbocycles. The Bertz CT molecular complexity index is 1600. The molecule has 1 atom stereocenters. The molecule has 4 aromatic rings. The van der Waals surface area contributed by atoms with Crippen LogP contribution in [0, 0.1) is 0 Å². The van der Waals surface area contributed by atoms with Gasteiger partial charge in [0.25, 0.3) is 0 Å². The Balaban J connectivity index is 1.67. The third-order valence-electron chi connectivity index (χ3n) is 8.76. The maximum absolute atomic E-state index is 2.48. The summed E-state index contributed by atoms with van der Waals surface area (Å²) in [5, 5.41) is 0. The average molecular weight is 509 g/mol. The second kappa shape index (κ2) is 9.23. The fourth-order valence-electron chi connectivity index (χ4n) is 6.55. The first kappa shape index (κ1) is 25.6. The molecule has 0 bridgehead atoms. The Hall–Kier alpha value is -3.64. The molecule has 0 nitrogen and oxygen atoms in total. The summed E-state index contributed by atoms with van der Waals surface area (Å²) < 4.78 is 0. The van der Waals surface area contributed by atoms with Gasteiger partial charge in [0.15, 0.2) is 0 Å². The Labute approximate surface area is 235 Å². The minimum Gasteiger partial charge on any atom is -0.0622 e. The molecule has 0 saturated heterocycles. The summed E-state index contributed by atoms with van der Waals surface area (Å²) in [5.74, 6) is 0.207. The molecule has 0 spiro atoms. The first-order chi connectivity index (χ1) is 18.5. The van der Waals surface area contributed by atoms with Crippen molar-refractivity contribution in [2.45, 2.75) is 71.6 Å².